The standard InChI is InChI=1S/C13H15Cl2NO2/c14-10-2-1-3-11(15)9(10)6-12(18)16-7-13(8-17)4-5-13/h1-3,17H,4-8H2,(H,16,18). The van der Waals surface area contributed by atoms with E-state index in [1.54, 1.807) is 18.2 Å². The number of benzene rings is 1. The molecule has 0 aliphatic heterocycles. The molecule has 98 valence electrons. The fourth-order valence-corrected chi connectivity index (χ4v) is 2.31. The van der Waals surface area contributed by atoms with E-state index in [1.807, 2.05) is 0 Å². The van der Waals surface area contributed by atoms with Crippen LogP contribution in [0.3, 0.4) is 0 Å². The molecular formula is C13H15Cl2NO2. The molecule has 1 aromatic rings. The molecule has 3 nitrogen and oxygen atoms in total. The molecule has 18 heavy (non-hydrogen) atoms. The summed E-state index contributed by atoms with van der Waals surface area (Å²) in [4.78, 5) is 11.8. The van der Waals surface area contributed by atoms with Crippen molar-refractivity contribution in [1.82, 2.24) is 5.32 Å². The fourth-order valence-electron chi connectivity index (χ4n) is 1.78. The Hall–Kier alpha value is -0.770. The number of carbonyl (C=O) groups is 1. The van der Waals surface area contributed by atoms with Crippen LogP contribution in [0.4, 0.5) is 0 Å². The molecule has 0 bridgehead atoms. The van der Waals surface area contributed by atoms with Gasteiger partial charge in [0.15, 0.2) is 0 Å². The quantitative estimate of drug-likeness (QED) is 0.874. The third kappa shape index (κ3) is 3.16. The minimum atomic E-state index is -0.121. The number of carbonyl (C=O) groups excluding carboxylic acids is 1. The van der Waals surface area contributed by atoms with E-state index in [0.29, 0.717) is 22.2 Å². The van der Waals surface area contributed by atoms with Gasteiger partial charge in [0.25, 0.3) is 0 Å². The topological polar surface area (TPSA) is 49.3 Å². The van der Waals surface area contributed by atoms with Crippen molar-refractivity contribution in [3.8, 4) is 0 Å². The van der Waals surface area contributed by atoms with Crippen molar-refractivity contribution in [3.05, 3.63) is 33.8 Å². The van der Waals surface area contributed by atoms with Crippen molar-refractivity contribution in [2.45, 2.75) is 19.3 Å². The molecule has 0 unspecified atom stereocenters. The van der Waals surface area contributed by atoms with Gasteiger partial charge >= 0.3 is 0 Å². The molecule has 1 aromatic carbocycles. The van der Waals surface area contributed by atoms with E-state index in [2.05, 4.69) is 5.32 Å². The zero-order chi connectivity index (χ0) is 13.2. The SMILES string of the molecule is O=C(Cc1c(Cl)cccc1Cl)NCC1(CO)CC1. The van der Waals surface area contributed by atoms with Crippen molar-refractivity contribution in [2.24, 2.45) is 5.41 Å². The highest BCUT2D eigenvalue weighted by Crippen LogP contribution is 2.44. The summed E-state index contributed by atoms with van der Waals surface area (Å²) < 4.78 is 0. The first-order valence-electron chi connectivity index (χ1n) is 5.87. The Labute approximate surface area is 116 Å². The summed E-state index contributed by atoms with van der Waals surface area (Å²) in [6.07, 6.45) is 2.10. The van der Waals surface area contributed by atoms with Crippen LogP contribution in [-0.4, -0.2) is 24.2 Å². The lowest BCUT2D eigenvalue weighted by molar-refractivity contribution is -0.120. The first-order valence-corrected chi connectivity index (χ1v) is 6.62. The van der Waals surface area contributed by atoms with E-state index in [0.717, 1.165) is 12.8 Å². The molecule has 0 radical (unpaired) electrons. The molecule has 2 rings (SSSR count). The molecule has 1 fully saturated rings. The first-order chi connectivity index (χ1) is 8.56. The van der Waals surface area contributed by atoms with Gasteiger partial charge in [0.2, 0.25) is 5.91 Å². The number of rotatable bonds is 5. The predicted octanol–water partition coefficient (Wildman–Crippen LogP) is 2.42. The fraction of sp³-hybridized carbons (Fsp3) is 0.462. The highest BCUT2D eigenvalue weighted by atomic mass is 35.5. The normalized spacial score (nSPS) is 16.4. The Bertz CT molecular complexity index is 438. The monoisotopic (exact) mass is 287 g/mol. The lowest BCUT2D eigenvalue weighted by Gasteiger charge is -2.13. The van der Waals surface area contributed by atoms with Gasteiger partial charge in [-0.15, -0.1) is 0 Å². The number of aliphatic hydroxyl groups is 1. The Morgan fingerprint density at radius 1 is 1.33 bits per heavy atom. The first kappa shape index (κ1) is 13.7. The second-order valence-electron chi connectivity index (χ2n) is 4.81. The van der Waals surface area contributed by atoms with Crippen molar-refractivity contribution < 1.29 is 9.90 Å². The van der Waals surface area contributed by atoms with Crippen LogP contribution in [0.5, 0.6) is 0 Å². The molecule has 0 atom stereocenters. The molecule has 1 saturated carbocycles. The number of halogens is 2. The van der Waals surface area contributed by atoms with E-state index in [9.17, 15) is 4.79 Å². The smallest absolute Gasteiger partial charge is 0.224 e. The zero-order valence-corrected chi connectivity index (χ0v) is 11.4. The average Bonchev–Trinajstić information content (AvgIpc) is 3.12. The number of hydrogen-bond donors (Lipinski definition) is 2. The van der Waals surface area contributed by atoms with Crippen LogP contribution in [0.2, 0.25) is 10.0 Å². The molecule has 1 amide bonds. The van der Waals surface area contributed by atoms with Gasteiger partial charge in [0.1, 0.15) is 0 Å². The van der Waals surface area contributed by atoms with Gasteiger partial charge in [0, 0.05) is 22.0 Å². The van der Waals surface area contributed by atoms with Gasteiger partial charge < -0.3 is 10.4 Å². The summed E-state index contributed by atoms with van der Waals surface area (Å²) in [6.45, 7) is 0.643. The van der Waals surface area contributed by atoms with Gasteiger partial charge in [-0.3, -0.25) is 4.79 Å². The summed E-state index contributed by atoms with van der Waals surface area (Å²) in [5, 5.41) is 13.0. The molecule has 0 spiro atoms. The maximum Gasteiger partial charge on any atom is 0.224 e. The van der Waals surface area contributed by atoms with E-state index in [1.165, 1.54) is 0 Å². The molecule has 1 aliphatic carbocycles. The van der Waals surface area contributed by atoms with Crippen LogP contribution in [0.15, 0.2) is 18.2 Å². The van der Waals surface area contributed by atoms with Crippen LogP contribution in [0, 0.1) is 5.41 Å². The van der Waals surface area contributed by atoms with Gasteiger partial charge in [-0.05, 0) is 30.5 Å². The van der Waals surface area contributed by atoms with Gasteiger partial charge in [-0.1, -0.05) is 29.3 Å². The van der Waals surface area contributed by atoms with Crippen molar-refractivity contribution in [3.63, 3.8) is 0 Å². The highest BCUT2D eigenvalue weighted by Gasteiger charge is 2.42. The summed E-state index contributed by atoms with van der Waals surface area (Å²) in [7, 11) is 0. The minimum Gasteiger partial charge on any atom is -0.396 e. The largest absolute Gasteiger partial charge is 0.396 e. The zero-order valence-electron chi connectivity index (χ0n) is 9.88. The lowest BCUT2D eigenvalue weighted by atomic mass is 10.1. The summed E-state index contributed by atoms with van der Waals surface area (Å²) in [6, 6.07) is 5.18. The maximum atomic E-state index is 11.8. The van der Waals surface area contributed by atoms with E-state index >= 15 is 0 Å². The van der Waals surface area contributed by atoms with Gasteiger partial charge in [0.05, 0.1) is 13.0 Å². The number of aliphatic hydroxyl groups excluding tert-OH is 1. The van der Waals surface area contributed by atoms with Crippen LogP contribution in [0.25, 0.3) is 0 Å². The van der Waals surface area contributed by atoms with E-state index < -0.39 is 0 Å². The third-order valence-electron chi connectivity index (χ3n) is 3.35. The Kier molecular flexibility index (Phi) is 4.15. The van der Waals surface area contributed by atoms with Crippen molar-refractivity contribution >= 4 is 29.1 Å². The third-order valence-corrected chi connectivity index (χ3v) is 4.06. The van der Waals surface area contributed by atoms with E-state index in [4.69, 9.17) is 28.3 Å². The molecule has 5 heteroatoms. The van der Waals surface area contributed by atoms with Crippen molar-refractivity contribution in [2.75, 3.05) is 13.2 Å². The average molecular weight is 288 g/mol. The van der Waals surface area contributed by atoms with Crippen LogP contribution in [0.1, 0.15) is 18.4 Å². The Morgan fingerprint density at radius 2 is 1.94 bits per heavy atom. The molecule has 0 saturated heterocycles. The summed E-state index contributed by atoms with van der Waals surface area (Å²) in [5.41, 5.74) is 0.562. The number of nitrogens with one attached hydrogen (secondary N) is 1. The summed E-state index contributed by atoms with van der Waals surface area (Å²) >= 11 is 12.0. The predicted molar refractivity (Wildman–Crippen MR) is 71.9 cm³/mol. The Balaban J connectivity index is 1.91. The van der Waals surface area contributed by atoms with Crippen molar-refractivity contribution in [1.29, 1.82) is 0 Å². The molecule has 2 N–H and O–H groups in total. The van der Waals surface area contributed by atoms with Crippen LogP contribution in [-0.2, 0) is 11.2 Å². The van der Waals surface area contributed by atoms with Crippen LogP contribution >= 0.6 is 23.2 Å². The molecular weight excluding hydrogens is 273 g/mol. The summed E-state index contributed by atoms with van der Waals surface area (Å²) in [5.74, 6) is -0.121. The van der Waals surface area contributed by atoms with Crippen LogP contribution < -0.4 is 5.32 Å². The Morgan fingerprint density at radius 3 is 2.44 bits per heavy atom. The second kappa shape index (κ2) is 5.47. The molecule has 0 heterocycles. The minimum absolute atomic E-state index is 0.0834. The number of hydrogen-bond acceptors (Lipinski definition) is 2. The maximum absolute atomic E-state index is 11.8. The van der Waals surface area contributed by atoms with E-state index in [-0.39, 0.29) is 24.3 Å². The van der Waals surface area contributed by atoms with Gasteiger partial charge in [-0.2, -0.15) is 0 Å². The number of amides is 1. The highest BCUT2D eigenvalue weighted by molar-refractivity contribution is 6.36. The lowest BCUT2D eigenvalue weighted by Crippen LogP contribution is -2.33. The second-order valence-corrected chi connectivity index (χ2v) is 5.63. The van der Waals surface area contributed by atoms with Gasteiger partial charge in [-0.25, -0.2) is 0 Å². The molecule has 0 aromatic heterocycles. The molecule has 1 aliphatic rings.